The van der Waals surface area contributed by atoms with Gasteiger partial charge in [-0.15, -0.1) is 0 Å². The van der Waals surface area contributed by atoms with Crippen molar-refractivity contribution in [2.24, 2.45) is 10.9 Å². The van der Waals surface area contributed by atoms with E-state index in [0.717, 1.165) is 54.3 Å². The number of nitrogens with zero attached hydrogens (tertiary/aromatic N) is 1. The Labute approximate surface area is 191 Å². The van der Waals surface area contributed by atoms with Crippen molar-refractivity contribution in [1.29, 1.82) is 0 Å². The number of ketones is 1. The van der Waals surface area contributed by atoms with Crippen LogP contribution in [0.2, 0.25) is 0 Å². The first-order valence-corrected chi connectivity index (χ1v) is 11.7. The maximum atomic E-state index is 13.4. The molecule has 1 aromatic rings. The number of hydrogen-bond donors (Lipinski definition) is 0. The minimum atomic E-state index is -0.643. The second-order valence-electron chi connectivity index (χ2n) is 8.42. The van der Waals surface area contributed by atoms with Crippen LogP contribution in [0.15, 0.2) is 32.9 Å². The molecule has 6 nitrogen and oxygen atoms in total. The molecule has 1 unspecified atom stereocenters. The molecule has 0 bridgehead atoms. The number of methoxy groups -OCH3 is 2. The van der Waals surface area contributed by atoms with E-state index in [1.807, 2.05) is 19.1 Å². The van der Waals surface area contributed by atoms with Crippen LogP contribution in [0.1, 0.15) is 63.4 Å². The Morgan fingerprint density at radius 2 is 1.74 bits per heavy atom. The van der Waals surface area contributed by atoms with E-state index in [1.165, 1.54) is 0 Å². The number of esters is 1. The fourth-order valence-corrected chi connectivity index (χ4v) is 5.57. The van der Waals surface area contributed by atoms with Gasteiger partial charge in [0.15, 0.2) is 17.3 Å². The molecule has 1 heterocycles. The lowest BCUT2D eigenvalue weighted by molar-refractivity contribution is -0.151. The Morgan fingerprint density at radius 3 is 2.42 bits per heavy atom. The molecule has 0 radical (unpaired) electrons. The summed E-state index contributed by atoms with van der Waals surface area (Å²) >= 11 is 3.65. The molecule has 1 aliphatic heterocycles. The zero-order valence-corrected chi connectivity index (χ0v) is 19.8. The van der Waals surface area contributed by atoms with E-state index in [4.69, 9.17) is 19.2 Å². The van der Waals surface area contributed by atoms with Gasteiger partial charge >= 0.3 is 5.97 Å². The molecule has 4 rings (SSSR count). The van der Waals surface area contributed by atoms with E-state index < -0.39 is 11.8 Å². The number of rotatable bonds is 5. The number of carbonyl (C=O) groups excluding carboxylic acids is 2. The van der Waals surface area contributed by atoms with Crippen LogP contribution < -0.4 is 9.47 Å². The summed E-state index contributed by atoms with van der Waals surface area (Å²) in [7, 11) is 3.15. The highest BCUT2D eigenvalue weighted by molar-refractivity contribution is 9.10. The van der Waals surface area contributed by atoms with Crippen molar-refractivity contribution in [1.82, 2.24) is 0 Å². The quantitative estimate of drug-likeness (QED) is 0.535. The van der Waals surface area contributed by atoms with Gasteiger partial charge in [0.05, 0.1) is 14.2 Å². The second kappa shape index (κ2) is 9.15. The van der Waals surface area contributed by atoms with Crippen molar-refractivity contribution in [3.63, 3.8) is 0 Å². The number of halogens is 1. The fraction of sp³-hybridized carbons (Fsp3) is 0.542. The van der Waals surface area contributed by atoms with Gasteiger partial charge in [-0.1, -0.05) is 15.9 Å². The van der Waals surface area contributed by atoms with Crippen LogP contribution in [0, 0.1) is 5.92 Å². The Hall–Kier alpha value is -2.15. The van der Waals surface area contributed by atoms with Crippen molar-refractivity contribution >= 4 is 33.4 Å². The molecule has 2 aliphatic carbocycles. The molecule has 31 heavy (non-hydrogen) atoms. The molecule has 0 saturated heterocycles. The maximum Gasteiger partial charge on any atom is 0.315 e. The molecule has 0 N–H and O–H groups in total. The first-order chi connectivity index (χ1) is 14.9. The fourth-order valence-electron chi connectivity index (χ4n) is 5.00. The van der Waals surface area contributed by atoms with Gasteiger partial charge in [0.1, 0.15) is 12.0 Å². The van der Waals surface area contributed by atoms with E-state index in [1.54, 1.807) is 14.2 Å². The predicted octanol–water partition coefficient (Wildman–Crippen LogP) is 5.13. The lowest BCUT2D eigenvalue weighted by Crippen LogP contribution is -2.38. The summed E-state index contributed by atoms with van der Waals surface area (Å²) in [5.74, 6) is -0.227. The van der Waals surface area contributed by atoms with Crippen LogP contribution in [0.25, 0.3) is 0 Å². The van der Waals surface area contributed by atoms with Crippen LogP contribution in [-0.2, 0) is 14.3 Å². The average Bonchev–Trinajstić information content (AvgIpc) is 3.25. The molecule has 1 saturated carbocycles. The molecule has 1 fully saturated rings. The first-order valence-electron chi connectivity index (χ1n) is 10.9. The zero-order chi connectivity index (χ0) is 22.1. The highest BCUT2D eigenvalue weighted by atomic mass is 79.9. The zero-order valence-electron chi connectivity index (χ0n) is 18.2. The Balaban J connectivity index is 1.83. The van der Waals surface area contributed by atoms with Gasteiger partial charge in [0, 0.05) is 33.8 Å². The highest BCUT2D eigenvalue weighted by Gasteiger charge is 2.44. The molecular weight excluding hydrogens is 462 g/mol. The van der Waals surface area contributed by atoms with Crippen LogP contribution in [0.3, 0.4) is 0 Å². The molecule has 166 valence electrons. The van der Waals surface area contributed by atoms with Gasteiger partial charge in [-0.05, 0) is 63.1 Å². The van der Waals surface area contributed by atoms with Crippen LogP contribution in [-0.4, -0.2) is 37.8 Å². The molecule has 2 atom stereocenters. The molecule has 3 aliphatic rings. The smallest absolute Gasteiger partial charge is 0.315 e. The topological polar surface area (TPSA) is 74.2 Å². The van der Waals surface area contributed by atoms with Crippen LogP contribution in [0.4, 0.5) is 0 Å². The molecule has 0 amide bonds. The summed E-state index contributed by atoms with van der Waals surface area (Å²) in [6, 6.07) is 3.68. The van der Waals surface area contributed by atoms with Crippen molar-refractivity contribution in [3.8, 4) is 11.5 Å². The SMILES string of the molecule is COc1cc(Br)c([C@H]2C3=C(CCCC3=O)N=C(C)C2C(=O)OC2CCCC2)cc1OC. The number of Topliss-reactive ketones (excluding diaryl/α,β-unsaturated/α-hetero) is 1. The van der Waals surface area contributed by atoms with Gasteiger partial charge in [-0.3, -0.25) is 14.6 Å². The van der Waals surface area contributed by atoms with Crippen molar-refractivity contribution in [2.45, 2.75) is 63.9 Å². The third-order valence-electron chi connectivity index (χ3n) is 6.51. The lowest BCUT2D eigenvalue weighted by atomic mass is 9.71. The van der Waals surface area contributed by atoms with Crippen LogP contribution >= 0.6 is 15.9 Å². The average molecular weight is 490 g/mol. The van der Waals surface area contributed by atoms with E-state index in [2.05, 4.69) is 15.9 Å². The third kappa shape index (κ3) is 4.16. The van der Waals surface area contributed by atoms with Crippen molar-refractivity contribution in [2.75, 3.05) is 14.2 Å². The van der Waals surface area contributed by atoms with Gasteiger partial charge in [-0.25, -0.2) is 0 Å². The second-order valence-corrected chi connectivity index (χ2v) is 9.27. The van der Waals surface area contributed by atoms with Gasteiger partial charge < -0.3 is 14.2 Å². The summed E-state index contributed by atoms with van der Waals surface area (Å²) in [5, 5.41) is 0. The Kier molecular flexibility index (Phi) is 6.51. The molecule has 0 spiro atoms. The minimum absolute atomic E-state index is 0.0489. The monoisotopic (exact) mass is 489 g/mol. The van der Waals surface area contributed by atoms with Crippen molar-refractivity contribution in [3.05, 3.63) is 33.4 Å². The molecular formula is C24H28BrNO5. The first kappa shape index (κ1) is 22.1. The van der Waals surface area contributed by atoms with Gasteiger partial charge in [0.2, 0.25) is 0 Å². The predicted molar refractivity (Wildman–Crippen MR) is 121 cm³/mol. The van der Waals surface area contributed by atoms with E-state index in [9.17, 15) is 9.59 Å². The third-order valence-corrected chi connectivity index (χ3v) is 7.20. The number of benzene rings is 1. The molecule has 1 aromatic carbocycles. The van der Waals surface area contributed by atoms with Crippen LogP contribution in [0.5, 0.6) is 11.5 Å². The van der Waals surface area contributed by atoms with E-state index in [0.29, 0.717) is 29.2 Å². The molecule has 7 heteroatoms. The van der Waals surface area contributed by atoms with E-state index >= 15 is 0 Å². The molecule has 0 aromatic heterocycles. The minimum Gasteiger partial charge on any atom is -0.493 e. The maximum absolute atomic E-state index is 13.4. The number of hydrogen-bond acceptors (Lipinski definition) is 6. The summed E-state index contributed by atoms with van der Waals surface area (Å²) in [5.41, 5.74) is 2.94. The highest BCUT2D eigenvalue weighted by Crippen LogP contribution is 2.48. The lowest BCUT2D eigenvalue weighted by Gasteiger charge is -2.35. The normalized spacial score (nSPS) is 24.0. The van der Waals surface area contributed by atoms with Gasteiger partial charge in [-0.2, -0.15) is 0 Å². The standard InChI is InChI=1S/C24H28BrNO5/c1-13-21(24(28)31-14-7-4-5-8-14)22(23-17(26-13)9-6-10-18(23)27)15-11-19(29-2)20(30-3)12-16(15)25/h11-12,14,21-22H,4-10H2,1-3H3/t21?,22-/m1/s1. The summed E-state index contributed by atoms with van der Waals surface area (Å²) in [4.78, 5) is 31.2. The number of allylic oxidation sites excluding steroid dienone is 2. The summed E-state index contributed by atoms with van der Waals surface area (Å²) < 4.78 is 17.6. The number of aliphatic imine (C=N–C) groups is 1. The Bertz CT molecular complexity index is 961. The van der Waals surface area contributed by atoms with Gasteiger partial charge in [0.25, 0.3) is 0 Å². The van der Waals surface area contributed by atoms with E-state index in [-0.39, 0.29) is 17.9 Å². The largest absolute Gasteiger partial charge is 0.493 e. The summed E-state index contributed by atoms with van der Waals surface area (Å²) in [6.07, 6.45) is 5.89. The number of carbonyl (C=O) groups is 2. The summed E-state index contributed by atoms with van der Waals surface area (Å²) in [6.45, 7) is 1.87. The Morgan fingerprint density at radius 1 is 1.06 bits per heavy atom. The number of ether oxygens (including phenoxy) is 3. The van der Waals surface area contributed by atoms with Crippen molar-refractivity contribution < 1.29 is 23.8 Å².